The van der Waals surface area contributed by atoms with Crippen LogP contribution in [0.15, 0.2) is 47.5 Å². The Kier molecular flexibility index (Phi) is 2.50. The van der Waals surface area contributed by atoms with Gasteiger partial charge < -0.3 is 4.98 Å². The van der Waals surface area contributed by atoms with Gasteiger partial charge in [-0.2, -0.15) is 0 Å². The number of carbonyl (C=O) groups excluding carboxylic acids is 1. The van der Waals surface area contributed by atoms with Crippen LogP contribution in [0.25, 0.3) is 22.0 Å². The van der Waals surface area contributed by atoms with Gasteiger partial charge in [-0.3, -0.25) is 9.52 Å². The summed E-state index contributed by atoms with van der Waals surface area (Å²) in [5.74, 6) is 2.86. The first kappa shape index (κ1) is 13.1. The van der Waals surface area contributed by atoms with Crippen molar-refractivity contribution in [2.45, 2.75) is 4.90 Å². The molecule has 2 aromatic carbocycles. The van der Waals surface area contributed by atoms with E-state index in [-0.39, 0.29) is 11.7 Å². The number of halogens is 1. The molecule has 4 nitrogen and oxygen atoms in total. The Morgan fingerprint density at radius 2 is 1.91 bits per heavy atom. The molecular weight excluding hydrogens is 303 g/mol. The van der Waals surface area contributed by atoms with Gasteiger partial charge in [-0.1, -0.05) is 6.07 Å². The molecule has 1 aliphatic rings. The predicted octanol–water partition coefficient (Wildman–Crippen LogP) is 2.71. The Morgan fingerprint density at radius 1 is 1.09 bits per heavy atom. The summed E-state index contributed by atoms with van der Waals surface area (Å²) >= 11 is 0. The number of nitrogens with one attached hydrogen (secondary N) is 2. The van der Waals surface area contributed by atoms with E-state index in [0.717, 1.165) is 16.5 Å². The second kappa shape index (κ2) is 4.20. The number of aromatic amines is 1. The van der Waals surface area contributed by atoms with E-state index in [0.29, 0.717) is 16.0 Å². The van der Waals surface area contributed by atoms with E-state index in [9.17, 15) is 13.4 Å². The topological polar surface area (TPSA) is 62.0 Å². The van der Waals surface area contributed by atoms with E-state index in [2.05, 4.69) is 15.6 Å². The lowest BCUT2D eigenvalue weighted by Crippen LogP contribution is -2.20. The highest BCUT2D eigenvalue weighted by atomic mass is 32.2. The quantitative estimate of drug-likeness (QED) is 0.678. The van der Waals surface area contributed by atoms with Crippen molar-refractivity contribution in [3.8, 4) is 11.1 Å². The average molecular weight is 314 g/mol. The summed E-state index contributed by atoms with van der Waals surface area (Å²) in [7, 11) is -2.75. The molecule has 22 heavy (non-hydrogen) atoms. The highest BCUT2D eigenvalue weighted by molar-refractivity contribution is 7.99. The third-order valence-electron chi connectivity index (χ3n) is 3.79. The molecule has 0 bridgehead atoms. The molecule has 4 rings (SSSR count). The van der Waals surface area contributed by atoms with Crippen molar-refractivity contribution in [3.63, 3.8) is 0 Å². The summed E-state index contributed by atoms with van der Waals surface area (Å²) in [5, 5.41) is 0.857. The fourth-order valence-corrected chi connectivity index (χ4v) is 4.07. The molecule has 2 N–H and O–H groups in total. The van der Waals surface area contributed by atoms with Crippen LogP contribution in [0, 0.1) is 5.82 Å². The molecule has 0 saturated carbocycles. The van der Waals surface area contributed by atoms with Crippen molar-refractivity contribution >= 4 is 32.4 Å². The first-order chi connectivity index (χ1) is 10.5. The monoisotopic (exact) mass is 314 g/mol. The van der Waals surface area contributed by atoms with Gasteiger partial charge in [-0.05, 0) is 41.8 Å². The van der Waals surface area contributed by atoms with E-state index in [1.54, 1.807) is 30.5 Å². The van der Waals surface area contributed by atoms with Gasteiger partial charge in [-0.25, -0.2) is 8.60 Å². The molecule has 1 aromatic heterocycles. The number of amides is 1. The first-order valence-corrected chi connectivity index (χ1v) is 8.29. The molecule has 2 heterocycles. The predicted molar refractivity (Wildman–Crippen MR) is 84.7 cm³/mol. The number of hydrogen-bond donors (Lipinski definition) is 2. The molecule has 0 spiro atoms. The first-order valence-electron chi connectivity index (χ1n) is 6.56. The lowest BCUT2D eigenvalue weighted by Gasteiger charge is -2.03. The summed E-state index contributed by atoms with van der Waals surface area (Å²) in [6.45, 7) is 0. The Bertz CT molecular complexity index is 1050. The largest absolute Gasteiger partial charge is 0.360 e. The molecule has 0 fully saturated rings. The second-order valence-corrected chi connectivity index (χ2v) is 7.20. The van der Waals surface area contributed by atoms with Gasteiger partial charge >= 0.3 is 0 Å². The third-order valence-corrected chi connectivity index (χ3v) is 5.37. The second-order valence-electron chi connectivity index (χ2n) is 5.21. The number of rotatable bonds is 1. The van der Waals surface area contributed by atoms with Crippen molar-refractivity contribution in [2.24, 2.45) is 0 Å². The summed E-state index contributed by atoms with van der Waals surface area (Å²) in [6.07, 6.45) is 1.76. The van der Waals surface area contributed by atoms with Crippen LogP contribution < -0.4 is 4.72 Å². The van der Waals surface area contributed by atoms with Crippen LogP contribution >= 0.6 is 0 Å². The van der Waals surface area contributed by atoms with Crippen molar-refractivity contribution in [3.05, 3.63) is 54.0 Å². The van der Waals surface area contributed by atoms with Crippen LogP contribution in [0.2, 0.25) is 0 Å². The van der Waals surface area contributed by atoms with Crippen molar-refractivity contribution in [2.75, 3.05) is 0 Å². The fourth-order valence-electron chi connectivity index (χ4n) is 2.76. The smallest absolute Gasteiger partial charge is 0.264 e. The SMILES string of the molecule is C=S1(=O)NC(=O)c2cc(-c3c[nH]c4cc(F)ccc34)ccc21. The number of aromatic nitrogens is 1. The Hall–Kier alpha value is -2.60. The van der Waals surface area contributed by atoms with Crippen LogP contribution in [0.4, 0.5) is 4.39 Å². The molecule has 1 aliphatic heterocycles. The van der Waals surface area contributed by atoms with Crippen LogP contribution in [-0.4, -0.2) is 21.0 Å². The number of H-pyrrole nitrogens is 1. The van der Waals surface area contributed by atoms with E-state index in [1.165, 1.54) is 12.1 Å². The fraction of sp³-hybridized carbons (Fsp3) is 0. The van der Waals surface area contributed by atoms with Crippen molar-refractivity contribution in [1.29, 1.82) is 0 Å². The van der Waals surface area contributed by atoms with E-state index in [1.807, 2.05) is 0 Å². The molecule has 1 unspecified atom stereocenters. The Balaban J connectivity index is 1.94. The van der Waals surface area contributed by atoms with E-state index < -0.39 is 9.71 Å². The van der Waals surface area contributed by atoms with Gasteiger partial charge in [0.05, 0.1) is 20.2 Å². The summed E-state index contributed by atoms with van der Waals surface area (Å²) in [4.78, 5) is 15.4. The molecule has 0 saturated heterocycles. The number of benzene rings is 2. The molecule has 1 amide bonds. The van der Waals surface area contributed by atoms with Crippen molar-refractivity contribution < 1.29 is 13.4 Å². The van der Waals surface area contributed by atoms with Gasteiger partial charge in [-0.15, -0.1) is 0 Å². The maximum Gasteiger partial charge on any atom is 0.264 e. The molecule has 3 aromatic rings. The molecule has 0 aliphatic carbocycles. The minimum absolute atomic E-state index is 0.314. The standard InChI is InChI=1S/C16H11FN2O2S/c1-22(21)15-5-2-9(6-12(15)16(20)19-22)13-8-18-14-7-10(17)3-4-11(13)14/h2-8,18H,1H2,(H,19,20,21). The maximum absolute atomic E-state index is 13.3. The van der Waals surface area contributed by atoms with Crippen LogP contribution in [0.3, 0.4) is 0 Å². The average Bonchev–Trinajstić information content (AvgIpc) is 2.97. The summed E-state index contributed by atoms with van der Waals surface area (Å²) in [5.41, 5.74) is 2.70. The molecule has 1 atom stereocenters. The zero-order chi connectivity index (χ0) is 15.5. The zero-order valence-electron chi connectivity index (χ0n) is 11.4. The molecular formula is C16H11FN2O2S. The van der Waals surface area contributed by atoms with Gasteiger partial charge in [0.1, 0.15) is 5.82 Å². The zero-order valence-corrected chi connectivity index (χ0v) is 12.2. The number of carbonyl (C=O) groups is 1. The lowest BCUT2D eigenvalue weighted by molar-refractivity contribution is 0.0986. The lowest BCUT2D eigenvalue weighted by atomic mass is 10.0. The Labute approximate surface area is 126 Å². The van der Waals surface area contributed by atoms with E-state index >= 15 is 0 Å². The van der Waals surface area contributed by atoms with Crippen LogP contribution in [-0.2, 0) is 9.71 Å². The van der Waals surface area contributed by atoms with Gasteiger partial charge in [0, 0.05) is 22.7 Å². The minimum Gasteiger partial charge on any atom is -0.360 e. The highest BCUT2D eigenvalue weighted by Gasteiger charge is 2.28. The van der Waals surface area contributed by atoms with Gasteiger partial charge in [0.2, 0.25) is 0 Å². The molecule has 110 valence electrons. The van der Waals surface area contributed by atoms with E-state index in [4.69, 9.17) is 0 Å². The summed E-state index contributed by atoms with van der Waals surface area (Å²) in [6, 6.07) is 9.63. The molecule has 0 radical (unpaired) electrons. The maximum atomic E-state index is 13.3. The highest BCUT2D eigenvalue weighted by Crippen LogP contribution is 2.32. The Morgan fingerprint density at radius 3 is 2.73 bits per heavy atom. The van der Waals surface area contributed by atoms with Crippen LogP contribution in [0.5, 0.6) is 0 Å². The number of fused-ring (bicyclic) bond motifs is 2. The minimum atomic E-state index is -2.75. The van der Waals surface area contributed by atoms with Crippen molar-refractivity contribution in [1.82, 2.24) is 9.71 Å². The number of hydrogen-bond acceptors (Lipinski definition) is 2. The normalized spacial score (nSPS) is 20.1. The van der Waals surface area contributed by atoms with Crippen LogP contribution in [0.1, 0.15) is 10.4 Å². The summed E-state index contributed by atoms with van der Waals surface area (Å²) < 4.78 is 27.8. The van der Waals surface area contributed by atoms with Gasteiger partial charge in [0.15, 0.2) is 0 Å². The molecule has 6 heteroatoms. The van der Waals surface area contributed by atoms with Gasteiger partial charge in [0.25, 0.3) is 5.91 Å². The third kappa shape index (κ3) is 1.77.